The molecule has 140 valence electrons. The number of para-hydroxylation sites is 1. The number of nitrogens with zero attached hydrogens (tertiary/aromatic N) is 2. The third kappa shape index (κ3) is 4.88. The molecule has 1 heterocycles. The summed E-state index contributed by atoms with van der Waals surface area (Å²) in [4.78, 5) is 31.0. The summed E-state index contributed by atoms with van der Waals surface area (Å²) in [6.45, 7) is 7.70. The summed E-state index contributed by atoms with van der Waals surface area (Å²) < 4.78 is 10.1. The normalized spacial score (nSPS) is 17.7. The van der Waals surface area contributed by atoms with Crippen LogP contribution >= 0.6 is 11.8 Å². The Hall–Kier alpha value is -2.28. The molecule has 7 heteroatoms. The molecule has 1 saturated heterocycles. The van der Waals surface area contributed by atoms with Gasteiger partial charge in [0.15, 0.2) is 11.8 Å². The summed E-state index contributed by atoms with van der Waals surface area (Å²) in [5.41, 5.74) is 0.724. The Morgan fingerprint density at radius 2 is 1.96 bits per heavy atom. The first-order valence-corrected chi connectivity index (χ1v) is 9.24. The Morgan fingerprint density at radius 1 is 1.27 bits per heavy atom. The molecule has 1 aliphatic heterocycles. The zero-order chi connectivity index (χ0) is 19.3. The molecule has 0 aromatic heterocycles. The molecule has 1 aliphatic rings. The van der Waals surface area contributed by atoms with E-state index in [1.807, 2.05) is 45.9 Å². The van der Waals surface area contributed by atoms with Gasteiger partial charge in [-0.2, -0.15) is 0 Å². The Morgan fingerprint density at radius 3 is 2.58 bits per heavy atom. The number of carbonyl (C=O) groups is 2. The molecule has 1 amide bonds. The van der Waals surface area contributed by atoms with Crippen LogP contribution in [0.4, 0.5) is 0 Å². The van der Waals surface area contributed by atoms with Crippen molar-refractivity contribution in [2.45, 2.75) is 39.8 Å². The van der Waals surface area contributed by atoms with Gasteiger partial charge in [-0.15, -0.1) is 0 Å². The third-order valence-electron chi connectivity index (χ3n) is 3.50. The zero-order valence-electron chi connectivity index (χ0n) is 15.7. The highest BCUT2D eigenvalue weighted by atomic mass is 32.2. The smallest absolute Gasteiger partial charge is 0.343 e. The molecule has 6 nitrogen and oxygen atoms in total. The number of carbonyl (C=O) groups excluding carboxylic acids is 2. The predicted octanol–water partition coefficient (Wildman–Crippen LogP) is 3.33. The van der Waals surface area contributed by atoms with Gasteiger partial charge in [-0.1, -0.05) is 18.2 Å². The van der Waals surface area contributed by atoms with Crippen molar-refractivity contribution in [3.63, 3.8) is 0 Å². The third-order valence-corrected chi connectivity index (χ3v) is 4.50. The van der Waals surface area contributed by atoms with Gasteiger partial charge in [0.1, 0.15) is 5.75 Å². The lowest BCUT2D eigenvalue weighted by atomic mass is 10.2. The highest BCUT2D eigenvalue weighted by molar-refractivity contribution is 8.18. The molecular weight excluding hydrogens is 352 g/mol. The molecule has 1 aromatic carbocycles. The number of amidine groups is 1. The molecule has 0 radical (unpaired) electrons. The fourth-order valence-corrected chi connectivity index (χ4v) is 3.54. The number of hydrogen-bond donors (Lipinski definition) is 0. The van der Waals surface area contributed by atoms with Crippen LogP contribution in [0.2, 0.25) is 0 Å². The lowest BCUT2D eigenvalue weighted by Gasteiger charge is -2.20. The van der Waals surface area contributed by atoms with Crippen LogP contribution in [0.5, 0.6) is 5.75 Å². The van der Waals surface area contributed by atoms with Crippen LogP contribution in [0, 0.1) is 0 Å². The minimum Gasteiger partial charge on any atom is -0.481 e. The minimum absolute atomic E-state index is 0.0178. The number of hydrogen-bond acceptors (Lipinski definition) is 6. The number of rotatable bonds is 6. The van der Waals surface area contributed by atoms with Crippen molar-refractivity contribution in [2.75, 3.05) is 13.7 Å². The number of amides is 1. The van der Waals surface area contributed by atoms with E-state index in [0.29, 0.717) is 15.8 Å². The molecule has 0 atom stereocenters. The van der Waals surface area contributed by atoms with Crippen molar-refractivity contribution in [1.29, 1.82) is 0 Å². The summed E-state index contributed by atoms with van der Waals surface area (Å²) in [7, 11) is 1.31. The van der Waals surface area contributed by atoms with Crippen molar-refractivity contribution in [3.05, 3.63) is 34.7 Å². The number of ether oxygens (including phenoxy) is 2. The van der Waals surface area contributed by atoms with Crippen LogP contribution < -0.4 is 4.74 Å². The maximum atomic E-state index is 12.8. The summed E-state index contributed by atoms with van der Waals surface area (Å²) in [5.74, 6) is -0.0209. The van der Waals surface area contributed by atoms with Gasteiger partial charge in [-0.25, -0.2) is 4.79 Å². The van der Waals surface area contributed by atoms with Crippen LogP contribution in [0.25, 0.3) is 6.08 Å². The van der Waals surface area contributed by atoms with Gasteiger partial charge >= 0.3 is 5.97 Å². The van der Waals surface area contributed by atoms with Crippen LogP contribution in [-0.4, -0.2) is 47.7 Å². The largest absolute Gasteiger partial charge is 0.481 e. The standard InChI is InChI=1S/C19H24N2O4S/c1-12(2)20-19-21(13(3)4)18(23)16(26-19)10-14-8-6-7-9-15(14)25-11-17(22)24-5/h6-10,12-13H,11H2,1-5H3/b16-10+,20-19?. The predicted molar refractivity (Wildman–Crippen MR) is 104 cm³/mol. The number of thioether (sulfide) groups is 1. The SMILES string of the molecule is COC(=O)COc1ccccc1/C=C1/SC(=NC(C)C)N(C(C)C)C1=O. The lowest BCUT2D eigenvalue weighted by Crippen LogP contribution is -2.35. The quantitative estimate of drug-likeness (QED) is 0.563. The van der Waals surface area contributed by atoms with E-state index in [1.165, 1.54) is 18.9 Å². The molecule has 0 unspecified atom stereocenters. The second-order valence-corrected chi connectivity index (χ2v) is 7.30. The maximum Gasteiger partial charge on any atom is 0.343 e. The molecule has 0 spiro atoms. The fourth-order valence-electron chi connectivity index (χ4n) is 2.32. The van der Waals surface area contributed by atoms with E-state index in [2.05, 4.69) is 9.73 Å². The number of aliphatic imine (C=N–C) groups is 1. The minimum atomic E-state index is -0.462. The molecule has 2 rings (SSSR count). The fraction of sp³-hybridized carbons (Fsp3) is 0.421. The van der Waals surface area contributed by atoms with E-state index in [1.54, 1.807) is 17.0 Å². The van der Waals surface area contributed by atoms with E-state index >= 15 is 0 Å². The van der Waals surface area contributed by atoms with Crippen LogP contribution in [0.3, 0.4) is 0 Å². The monoisotopic (exact) mass is 376 g/mol. The molecule has 0 N–H and O–H groups in total. The van der Waals surface area contributed by atoms with Gasteiger partial charge in [0.2, 0.25) is 0 Å². The van der Waals surface area contributed by atoms with E-state index in [-0.39, 0.29) is 24.6 Å². The number of esters is 1. The molecule has 1 aromatic rings. The second-order valence-electron chi connectivity index (χ2n) is 6.29. The molecule has 0 aliphatic carbocycles. The highest BCUT2D eigenvalue weighted by Gasteiger charge is 2.35. The van der Waals surface area contributed by atoms with Crippen molar-refractivity contribution < 1.29 is 19.1 Å². The highest BCUT2D eigenvalue weighted by Crippen LogP contribution is 2.35. The topological polar surface area (TPSA) is 68.2 Å². The van der Waals surface area contributed by atoms with Gasteiger partial charge in [0.25, 0.3) is 5.91 Å². The number of methoxy groups -OCH3 is 1. The van der Waals surface area contributed by atoms with Gasteiger partial charge in [-0.05, 0) is 51.6 Å². The van der Waals surface area contributed by atoms with Crippen molar-refractivity contribution >= 4 is 34.9 Å². The van der Waals surface area contributed by atoms with E-state index in [0.717, 1.165) is 5.56 Å². The van der Waals surface area contributed by atoms with E-state index < -0.39 is 5.97 Å². The van der Waals surface area contributed by atoms with Crippen molar-refractivity contribution in [1.82, 2.24) is 4.90 Å². The van der Waals surface area contributed by atoms with E-state index in [4.69, 9.17) is 4.74 Å². The van der Waals surface area contributed by atoms with Gasteiger partial charge in [0.05, 0.1) is 12.0 Å². The Bertz CT molecular complexity index is 741. The molecule has 0 bridgehead atoms. The first-order chi connectivity index (χ1) is 12.3. The average molecular weight is 376 g/mol. The summed E-state index contributed by atoms with van der Waals surface area (Å²) >= 11 is 1.36. The maximum absolute atomic E-state index is 12.8. The van der Waals surface area contributed by atoms with Crippen molar-refractivity contribution in [3.8, 4) is 5.75 Å². The Balaban J connectivity index is 2.32. The molecule has 0 saturated carbocycles. The van der Waals surface area contributed by atoms with Crippen LogP contribution in [0.15, 0.2) is 34.2 Å². The second kappa shape index (κ2) is 8.89. The average Bonchev–Trinajstić information content (AvgIpc) is 2.88. The first kappa shape index (κ1) is 20.0. The summed E-state index contributed by atoms with van der Waals surface area (Å²) in [6.07, 6.45) is 1.78. The van der Waals surface area contributed by atoms with Crippen molar-refractivity contribution in [2.24, 2.45) is 4.99 Å². The van der Waals surface area contributed by atoms with Gasteiger partial charge in [-0.3, -0.25) is 14.7 Å². The molecule has 1 fully saturated rings. The summed E-state index contributed by atoms with van der Waals surface area (Å²) in [5, 5.41) is 0.708. The Kier molecular flexibility index (Phi) is 6.85. The summed E-state index contributed by atoms with van der Waals surface area (Å²) in [6, 6.07) is 7.37. The molecule has 26 heavy (non-hydrogen) atoms. The first-order valence-electron chi connectivity index (χ1n) is 8.43. The van der Waals surface area contributed by atoms with Gasteiger partial charge in [0, 0.05) is 17.6 Å². The van der Waals surface area contributed by atoms with E-state index in [9.17, 15) is 9.59 Å². The number of benzene rings is 1. The zero-order valence-corrected chi connectivity index (χ0v) is 16.5. The van der Waals surface area contributed by atoms with Crippen LogP contribution in [-0.2, 0) is 14.3 Å². The molecular formula is C19H24N2O4S. The Labute approximate surface area is 158 Å². The lowest BCUT2D eigenvalue weighted by molar-refractivity contribution is -0.142. The van der Waals surface area contributed by atoms with Gasteiger partial charge < -0.3 is 9.47 Å². The van der Waals surface area contributed by atoms with Crippen LogP contribution in [0.1, 0.15) is 33.3 Å².